The van der Waals surface area contributed by atoms with Crippen LogP contribution in [0.5, 0.6) is 11.5 Å². The van der Waals surface area contributed by atoms with Gasteiger partial charge in [0.05, 0.1) is 4.90 Å². The van der Waals surface area contributed by atoms with Gasteiger partial charge in [-0.05, 0) is 68.1 Å². The fourth-order valence-electron chi connectivity index (χ4n) is 4.99. The van der Waals surface area contributed by atoms with E-state index in [0.29, 0.717) is 31.3 Å². The second kappa shape index (κ2) is 8.92. The molecule has 0 aliphatic carbocycles. The highest BCUT2D eigenvalue weighted by Gasteiger charge is 2.27. The third-order valence-corrected chi connectivity index (χ3v) is 8.13. The Labute approximate surface area is 190 Å². The Kier molecular flexibility index (Phi) is 6.01. The molecule has 3 heterocycles. The molecular formula is C24H31N3O4S. The van der Waals surface area contributed by atoms with Crippen LogP contribution in [0.3, 0.4) is 0 Å². The number of sulfonamides is 1. The number of rotatable bonds is 6. The van der Waals surface area contributed by atoms with Gasteiger partial charge in [-0.1, -0.05) is 12.1 Å². The molecule has 5 rings (SSSR count). The minimum absolute atomic E-state index is 0.0158. The van der Waals surface area contributed by atoms with Crippen LogP contribution in [0.25, 0.3) is 0 Å². The maximum absolute atomic E-state index is 13.1. The number of nitrogens with one attached hydrogen (secondary N) is 1. The van der Waals surface area contributed by atoms with Crippen molar-refractivity contribution in [3.8, 4) is 11.5 Å². The molecule has 32 heavy (non-hydrogen) atoms. The zero-order chi connectivity index (χ0) is 22.1. The highest BCUT2D eigenvalue weighted by atomic mass is 32.2. The molecule has 7 nitrogen and oxygen atoms in total. The van der Waals surface area contributed by atoms with Crippen LogP contribution in [-0.4, -0.2) is 59.8 Å². The third-order valence-electron chi connectivity index (χ3n) is 6.71. The van der Waals surface area contributed by atoms with Crippen molar-refractivity contribution >= 4 is 15.7 Å². The number of fused-ring (bicyclic) bond motifs is 2. The highest BCUT2D eigenvalue weighted by Crippen LogP contribution is 2.34. The summed E-state index contributed by atoms with van der Waals surface area (Å²) in [7, 11) is -1.54. The number of hydrogen-bond acceptors (Lipinski definition) is 6. The van der Waals surface area contributed by atoms with E-state index in [4.69, 9.17) is 9.47 Å². The molecule has 0 aromatic heterocycles. The van der Waals surface area contributed by atoms with Crippen LogP contribution in [-0.2, 0) is 16.4 Å². The Hall–Kier alpha value is -2.29. The number of likely N-dealkylation sites (tertiary alicyclic amines) is 1. The van der Waals surface area contributed by atoms with Gasteiger partial charge in [0, 0.05) is 37.9 Å². The van der Waals surface area contributed by atoms with Crippen molar-refractivity contribution in [1.29, 1.82) is 0 Å². The molecule has 0 bridgehead atoms. The lowest BCUT2D eigenvalue weighted by atomic mass is 9.96. The Morgan fingerprint density at radius 3 is 2.56 bits per heavy atom. The number of anilines is 1. The molecule has 1 saturated heterocycles. The minimum atomic E-state index is -3.67. The van der Waals surface area contributed by atoms with Gasteiger partial charge in [-0.2, -0.15) is 0 Å². The Balaban J connectivity index is 1.38. The summed E-state index contributed by atoms with van der Waals surface area (Å²) < 4.78 is 40.2. The highest BCUT2D eigenvalue weighted by molar-refractivity contribution is 7.89. The van der Waals surface area contributed by atoms with Gasteiger partial charge in [0.1, 0.15) is 13.2 Å². The standard InChI is InChI=1S/C24H31N3O4S/c1-26-10-4-5-18-15-19(6-8-21(18)26)22(27-11-2-3-12-27)17-25-32(28,29)20-7-9-23-24(16-20)31-14-13-30-23/h6-9,15-16,22,25H,2-5,10-14,17H2,1H3. The summed E-state index contributed by atoms with van der Waals surface area (Å²) in [6.07, 6.45) is 4.53. The Morgan fingerprint density at radius 1 is 0.969 bits per heavy atom. The van der Waals surface area contributed by atoms with Crippen LogP contribution in [0, 0.1) is 0 Å². The second-order valence-electron chi connectivity index (χ2n) is 8.83. The molecule has 172 valence electrons. The van der Waals surface area contributed by atoms with E-state index in [0.717, 1.165) is 45.3 Å². The van der Waals surface area contributed by atoms with E-state index in [1.54, 1.807) is 18.2 Å². The quantitative estimate of drug-likeness (QED) is 0.719. The van der Waals surface area contributed by atoms with Gasteiger partial charge in [-0.15, -0.1) is 0 Å². The maximum Gasteiger partial charge on any atom is 0.240 e. The summed E-state index contributed by atoms with van der Waals surface area (Å²) in [5.74, 6) is 1.07. The average molecular weight is 458 g/mol. The lowest BCUT2D eigenvalue weighted by molar-refractivity contribution is 0.171. The summed E-state index contributed by atoms with van der Waals surface area (Å²) in [4.78, 5) is 4.91. The lowest BCUT2D eigenvalue weighted by Crippen LogP contribution is -2.37. The SMILES string of the molecule is CN1CCCc2cc(C(CNS(=O)(=O)c3ccc4c(c3)OCCO4)N3CCCC3)ccc21. The molecule has 0 radical (unpaired) electrons. The number of benzene rings is 2. The van der Waals surface area contributed by atoms with Crippen LogP contribution in [0.15, 0.2) is 41.3 Å². The maximum atomic E-state index is 13.1. The second-order valence-corrected chi connectivity index (χ2v) is 10.6. The van der Waals surface area contributed by atoms with E-state index in [1.807, 2.05) is 0 Å². The van der Waals surface area contributed by atoms with Crippen molar-refractivity contribution in [2.24, 2.45) is 0 Å². The van der Waals surface area contributed by atoms with E-state index in [9.17, 15) is 8.42 Å². The zero-order valence-electron chi connectivity index (χ0n) is 18.5. The van der Waals surface area contributed by atoms with E-state index in [2.05, 4.69) is 39.8 Å². The van der Waals surface area contributed by atoms with Crippen molar-refractivity contribution in [2.75, 3.05) is 51.3 Å². The normalized spacial score (nSPS) is 19.6. The van der Waals surface area contributed by atoms with Gasteiger partial charge in [0.2, 0.25) is 10.0 Å². The molecule has 0 amide bonds. The van der Waals surface area contributed by atoms with Crippen LogP contribution in [0.4, 0.5) is 5.69 Å². The topological polar surface area (TPSA) is 71.1 Å². The molecule has 1 atom stereocenters. The molecule has 8 heteroatoms. The average Bonchev–Trinajstić information content (AvgIpc) is 3.33. The van der Waals surface area contributed by atoms with Gasteiger partial charge in [-0.25, -0.2) is 13.1 Å². The molecule has 1 N–H and O–H groups in total. The van der Waals surface area contributed by atoms with Crippen LogP contribution < -0.4 is 19.1 Å². The molecule has 2 aromatic carbocycles. The Bertz CT molecular complexity index is 1080. The largest absolute Gasteiger partial charge is 0.486 e. The first-order chi connectivity index (χ1) is 15.5. The van der Waals surface area contributed by atoms with Gasteiger partial charge in [-0.3, -0.25) is 4.90 Å². The third kappa shape index (κ3) is 4.31. The molecule has 1 fully saturated rings. The molecule has 2 aromatic rings. The molecule has 3 aliphatic rings. The van der Waals surface area contributed by atoms with Crippen molar-refractivity contribution in [3.63, 3.8) is 0 Å². The van der Waals surface area contributed by atoms with Crippen LogP contribution in [0.1, 0.15) is 36.4 Å². The number of ether oxygens (including phenoxy) is 2. The van der Waals surface area contributed by atoms with Gasteiger partial charge < -0.3 is 14.4 Å². The summed E-state index contributed by atoms with van der Waals surface area (Å²) in [5.41, 5.74) is 3.83. The first kappa shape index (κ1) is 21.6. The number of hydrogen-bond donors (Lipinski definition) is 1. The first-order valence-corrected chi connectivity index (χ1v) is 13.0. The number of aryl methyl sites for hydroxylation is 1. The summed E-state index contributed by atoms with van der Waals surface area (Å²) in [6, 6.07) is 11.5. The lowest BCUT2D eigenvalue weighted by Gasteiger charge is -2.32. The molecular weight excluding hydrogens is 426 g/mol. The Morgan fingerprint density at radius 2 is 1.75 bits per heavy atom. The predicted molar refractivity (Wildman–Crippen MR) is 124 cm³/mol. The molecule has 0 spiro atoms. The van der Waals surface area contributed by atoms with Crippen molar-refractivity contribution in [3.05, 3.63) is 47.5 Å². The first-order valence-electron chi connectivity index (χ1n) is 11.5. The molecule has 0 saturated carbocycles. The van der Waals surface area contributed by atoms with E-state index < -0.39 is 10.0 Å². The van der Waals surface area contributed by atoms with E-state index in [-0.39, 0.29) is 10.9 Å². The van der Waals surface area contributed by atoms with Crippen LogP contribution >= 0.6 is 0 Å². The minimum Gasteiger partial charge on any atom is -0.486 e. The fraction of sp³-hybridized carbons (Fsp3) is 0.500. The van der Waals surface area contributed by atoms with Gasteiger partial charge in [0.15, 0.2) is 11.5 Å². The monoisotopic (exact) mass is 457 g/mol. The fourth-order valence-corrected chi connectivity index (χ4v) is 6.04. The van der Waals surface area contributed by atoms with Crippen molar-refractivity contribution in [2.45, 2.75) is 36.6 Å². The van der Waals surface area contributed by atoms with E-state index >= 15 is 0 Å². The molecule has 1 unspecified atom stereocenters. The van der Waals surface area contributed by atoms with Crippen LogP contribution in [0.2, 0.25) is 0 Å². The van der Waals surface area contributed by atoms with Crippen molar-refractivity contribution < 1.29 is 17.9 Å². The van der Waals surface area contributed by atoms with Gasteiger partial charge >= 0.3 is 0 Å². The zero-order valence-corrected chi connectivity index (χ0v) is 19.4. The van der Waals surface area contributed by atoms with Gasteiger partial charge in [0.25, 0.3) is 0 Å². The van der Waals surface area contributed by atoms with Crippen molar-refractivity contribution in [1.82, 2.24) is 9.62 Å². The smallest absolute Gasteiger partial charge is 0.240 e. The predicted octanol–water partition coefficient (Wildman–Crippen LogP) is 2.96. The summed E-state index contributed by atoms with van der Waals surface area (Å²) in [5, 5.41) is 0. The number of nitrogens with zero attached hydrogens (tertiary/aromatic N) is 2. The summed E-state index contributed by atoms with van der Waals surface area (Å²) >= 11 is 0. The van der Waals surface area contributed by atoms with E-state index in [1.165, 1.54) is 16.8 Å². The summed E-state index contributed by atoms with van der Waals surface area (Å²) in [6.45, 7) is 4.31. The molecule has 3 aliphatic heterocycles.